The Bertz CT molecular complexity index is 881. The van der Waals surface area contributed by atoms with Crippen LogP contribution in [-0.4, -0.2) is 34.5 Å². The third-order valence-electron chi connectivity index (χ3n) is 4.09. The number of halogens is 1. The van der Waals surface area contributed by atoms with Crippen LogP contribution in [0, 0.1) is 5.92 Å². The summed E-state index contributed by atoms with van der Waals surface area (Å²) >= 11 is 5.92. The molecule has 0 bridgehead atoms. The van der Waals surface area contributed by atoms with Gasteiger partial charge in [-0.1, -0.05) is 25.4 Å². The SMILES string of the molecule is COc1ccc(S(=O)(=O)N(CC(=O)NCCC(C)C)c2ccc(Cl)cc2)cc1. The zero-order valence-electron chi connectivity index (χ0n) is 16.2. The van der Waals surface area contributed by atoms with Crippen molar-refractivity contribution < 1.29 is 17.9 Å². The summed E-state index contributed by atoms with van der Waals surface area (Å²) in [6.45, 7) is 4.28. The van der Waals surface area contributed by atoms with Crippen molar-refractivity contribution >= 4 is 33.2 Å². The maximum Gasteiger partial charge on any atom is 0.264 e. The second-order valence-corrected chi connectivity index (χ2v) is 8.99. The lowest BCUT2D eigenvalue weighted by atomic mass is 10.1. The van der Waals surface area contributed by atoms with E-state index in [4.69, 9.17) is 16.3 Å². The van der Waals surface area contributed by atoms with E-state index in [9.17, 15) is 13.2 Å². The Morgan fingerprint density at radius 3 is 2.25 bits per heavy atom. The summed E-state index contributed by atoms with van der Waals surface area (Å²) in [5, 5.41) is 3.25. The van der Waals surface area contributed by atoms with Crippen molar-refractivity contribution in [3.63, 3.8) is 0 Å². The van der Waals surface area contributed by atoms with Crippen LogP contribution in [-0.2, 0) is 14.8 Å². The predicted octanol–water partition coefficient (Wildman–Crippen LogP) is 3.71. The monoisotopic (exact) mass is 424 g/mol. The maximum absolute atomic E-state index is 13.2. The lowest BCUT2D eigenvalue weighted by molar-refractivity contribution is -0.119. The molecule has 1 N–H and O–H groups in total. The minimum Gasteiger partial charge on any atom is -0.497 e. The van der Waals surface area contributed by atoms with E-state index in [-0.39, 0.29) is 17.3 Å². The van der Waals surface area contributed by atoms with Crippen LogP contribution in [0.5, 0.6) is 5.75 Å². The molecule has 0 aliphatic heterocycles. The van der Waals surface area contributed by atoms with Gasteiger partial charge in [-0.15, -0.1) is 0 Å². The lowest BCUT2D eigenvalue weighted by Gasteiger charge is -2.24. The summed E-state index contributed by atoms with van der Waals surface area (Å²) in [5.41, 5.74) is 0.360. The summed E-state index contributed by atoms with van der Waals surface area (Å²) < 4.78 is 32.6. The van der Waals surface area contributed by atoms with Gasteiger partial charge in [0, 0.05) is 11.6 Å². The summed E-state index contributed by atoms with van der Waals surface area (Å²) in [5.74, 6) is 0.617. The van der Waals surface area contributed by atoms with Crippen LogP contribution in [0.3, 0.4) is 0 Å². The number of ether oxygens (including phenoxy) is 1. The van der Waals surface area contributed by atoms with Gasteiger partial charge in [0.25, 0.3) is 10.0 Å². The molecule has 0 atom stereocenters. The van der Waals surface area contributed by atoms with Gasteiger partial charge >= 0.3 is 0 Å². The third-order valence-corrected chi connectivity index (χ3v) is 6.13. The molecule has 2 aromatic rings. The molecule has 0 saturated carbocycles. The van der Waals surface area contributed by atoms with Crippen molar-refractivity contribution in [3.05, 3.63) is 53.6 Å². The van der Waals surface area contributed by atoms with Crippen molar-refractivity contribution in [2.45, 2.75) is 25.2 Å². The van der Waals surface area contributed by atoms with E-state index in [1.807, 2.05) is 0 Å². The highest BCUT2D eigenvalue weighted by atomic mass is 35.5. The number of hydrogen-bond donors (Lipinski definition) is 1. The summed E-state index contributed by atoms with van der Waals surface area (Å²) in [6.07, 6.45) is 0.817. The second-order valence-electron chi connectivity index (χ2n) is 6.70. The largest absolute Gasteiger partial charge is 0.497 e. The van der Waals surface area contributed by atoms with E-state index in [0.717, 1.165) is 10.7 Å². The van der Waals surface area contributed by atoms with Crippen LogP contribution in [0.4, 0.5) is 5.69 Å². The van der Waals surface area contributed by atoms with E-state index in [2.05, 4.69) is 19.2 Å². The van der Waals surface area contributed by atoms with Crippen molar-refractivity contribution in [3.8, 4) is 5.75 Å². The van der Waals surface area contributed by atoms with Crippen LogP contribution < -0.4 is 14.4 Å². The van der Waals surface area contributed by atoms with E-state index >= 15 is 0 Å². The van der Waals surface area contributed by atoms with Crippen molar-refractivity contribution in [2.24, 2.45) is 5.92 Å². The molecule has 0 spiro atoms. The fraction of sp³-hybridized carbons (Fsp3) is 0.350. The Morgan fingerprint density at radius 1 is 1.11 bits per heavy atom. The van der Waals surface area contributed by atoms with Crippen LogP contribution in [0.25, 0.3) is 0 Å². The second kappa shape index (κ2) is 9.80. The fourth-order valence-corrected chi connectivity index (χ4v) is 4.03. The van der Waals surface area contributed by atoms with E-state index < -0.39 is 10.0 Å². The van der Waals surface area contributed by atoms with Crippen LogP contribution in [0.2, 0.25) is 5.02 Å². The highest BCUT2D eigenvalue weighted by Gasteiger charge is 2.27. The van der Waals surface area contributed by atoms with Crippen LogP contribution >= 0.6 is 11.6 Å². The zero-order chi connectivity index (χ0) is 20.7. The number of methoxy groups -OCH3 is 1. The molecule has 28 heavy (non-hydrogen) atoms. The molecule has 0 aromatic heterocycles. The van der Waals surface area contributed by atoms with Gasteiger partial charge in [-0.3, -0.25) is 9.10 Å². The molecule has 0 saturated heterocycles. The Kier molecular flexibility index (Phi) is 7.71. The number of hydrogen-bond acceptors (Lipinski definition) is 4. The number of carbonyl (C=O) groups is 1. The first-order valence-corrected chi connectivity index (χ1v) is 10.7. The number of rotatable bonds is 9. The van der Waals surface area contributed by atoms with Crippen molar-refractivity contribution in [1.82, 2.24) is 5.32 Å². The Morgan fingerprint density at radius 2 is 1.71 bits per heavy atom. The molecule has 0 heterocycles. The molecule has 2 aromatic carbocycles. The molecular formula is C20H25ClN2O4S. The Labute approximate surface area is 171 Å². The maximum atomic E-state index is 13.2. The first-order valence-electron chi connectivity index (χ1n) is 8.93. The number of nitrogens with zero attached hydrogens (tertiary/aromatic N) is 1. The Balaban J connectivity index is 2.31. The highest BCUT2D eigenvalue weighted by Crippen LogP contribution is 2.26. The number of sulfonamides is 1. The molecule has 0 aliphatic rings. The zero-order valence-corrected chi connectivity index (χ0v) is 17.8. The lowest BCUT2D eigenvalue weighted by Crippen LogP contribution is -2.41. The van der Waals surface area contributed by atoms with E-state index in [1.54, 1.807) is 36.4 Å². The normalized spacial score (nSPS) is 11.3. The minimum atomic E-state index is -3.95. The quantitative estimate of drug-likeness (QED) is 0.665. The van der Waals surface area contributed by atoms with E-state index in [0.29, 0.717) is 28.9 Å². The predicted molar refractivity (Wildman–Crippen MR) is 111 cm³/mol. The molecule has 152 valence electrons. The molecule has 6 nitrogen and oxygen atoms in total. The summed E-state index contributed by atoms with van der Waals surface area (Å²) in [6, 6.07) is 12.4. The van der Waals surface area contributed by atoms with Gasteiger partial charge in [0.2, 0.25) is 5.91 Å². The van der Waals surface area contributed by atoms with Gasteiger partial charge in [0.15, 0.2) is 0 Å². The van der Waals surface area contributed by atoms with Gasteiger partial charge in [-0.25, -0.2) is 8.42 Å². The molecule has 2 rings (SSSR count). The van der Waals surface area contributed by atoms with Gasteiger partial charge < -0.3 is 10.1 Å². The van der Waals surface area contributed by atoms with Crippen LogP contribution in [0.15, 0.2) is 53.4 Å². The fourth-order valence-electron chi connectivity index (χ4n) is 2.48. The smallest absolute Gasteiger partial charge is 0.264 e. The number of anilines is 1. The average molecular weight is 425 g/mol. The highest BCUT2D eigenvalue weighted by molar-refractivity contribution is 7.92. The van der Waals surface area contributed by atoms with E-state index in [1.165, 1.54) is 19.2 Å². The third kappa shape index (κ3) is 5.87. The van der Waals surface area contributed by atoms with Gasteiger partial charge in [-0.2, -0.15) is 0 Å². The van der Waals surface area contributed by atoms with Gasteiger partial charge in [0.1, 0.15) is 12.3 Å². The van der Waals surface area contributed by atoms with Crippen molar-refractivity contribution in [2.75, 3.05) is 24.5 Å². The summed E-state index contributed by atoms with van der Waals surface area (Å²) in [7, 11) is -2.45. The van der Waals surface area contributed by atoms with Crippen LogP contribution in [0.1, 0.15) is 20.3 Å². The average Bonchev–Trinajstić information content (AvgIpc) is 2.66. The summed E-state index contributed by atoms with van der Waals surface area (Å²) in [4.78, 5) is 12.5. The van der Waals surface area contributed by atoms with Gasteiger partial charge in [-0.05, 0) is 60.9 Å². The molecule has 8 heteroatoms. The molecule has 0 radical (unpaired) electrons. The number of amides is 1. The topological polar surface area (TPSA) is 75.7 Å². The number of benzene rings is 2. The molecule has 0 fully saturated rings. The minimum absolute atomic E-state index is 0.0678. The Hall–Kier alpha value is -2.25. The first kappa shape index (κ1) is 22.0. The standard InChI is InChI=1S/C20H25ClN2O4S/c1-15(2)12-13-22-20(24)14-23(17-6-4-16(21)5-7-17)28(25,26)19-10-8-18(27-3)9-11-19/h4-11,15H,12-14H2,1-3H3,(H,22,24). The molecular weight excluding hydrogens is 400 g/mol. The number of nitrogens with one attached hydrogen (secondary N) is 1. The van der Waals surface area contributed by atoms with Crippen molar-refractivity contribution in [1.29, 1.82) is 0 Å². The molecule has 0 unspecified atom stereocenters. The molecule has 0 aliphatic carbocycles. The first-order chi connectivity index (χ1) is 13.2. The van der Waals surface area contributed by atoms with Gasteiger partial charge in [0.05, 0.1) is 17.7 Å². The molecule has 1 amide bonds. The number of carbonyl (C=O) groups excluding carboxylic acids is 1.